The Morgan fingerprint density at radius 3 is 2.25 bits per heavy atom. The van der Waals surface area contributed by atoms with Crippen LogP contribution in [-0.2, 0) is 0 Å². The van der Waals surface area contributed by atoms with Crippen molar-refractivity contribution in [2.45, 2.75) is 19.2 Å². The Hall–Kier alpha value is -0.600. The predicted octanol–water partition coefficient (Wildman–Crippen LogP) is 2.73. The van der Waals surface area contributed by atoms with Crippen LogP contribution in [0.3, 0.4) is 0 Å². The molecule has 0 amide bonds. The zero-order chi connectivity index (χ0) is 9.14. The molecule has 1 N–H and O–H groups in total. The van der Waals surface area contributed by atoms with Crippen molar-refractivity contribution in [3.8, 4) is 0 Å². The molecule has 1 aromatic carbocycles. The molecule has 0 aliphatic carbocycles. The van der Waals surface area contributed by atoms with Crippen LogP contribution < -0.4 is 0 Å². The highest BCUT2D eigenvalue weighted by atomic mass is 35.5. The van der Waals surface area contributed by atoms with E-state index in [1.807, 2.05) is 0 Å². The summed E-state index contributed by atoms with van der Waals surface area (Å²) in [6, 6.07) is 6.34. The Labute approximate surface area is 75.8 Å². The summed E-state index contributed by atoms with van der Waals surface area (Å²) in [5.74, 6) is 0. The lowest BCUT2D eigenvalue weighted by Crippen LogP contribution is -2.09. The van der Waals surface area contributed by atoms with Gasteiger partial charge < -0.3 is 5.11 Å². The predicted molar refractivity (Wildman–Crippen MR) is 47.0 cm³/mol. The van der Waals surface area contributed by atoms with Gasteiger partial charge in [-0.3, -0.25) is 0 Å². The van der Waals surface area contributed by atoms with Crippen molar-refractivity contribution in [3.05, 3.63) is 34.9 Å². The van der Waals surface area contributed by atoms with Crippen LogP contribution in [-0.4, -0.2) is 11.2 Å². The second-order valence-electron chi connectivity index (χ2n) is 2.69. The first kappa shape index (κ1) is 9.49. The number of hydrogen-bond donors (Lipinski definition) is 1. The molecule has 1 aromatic rings. The summed E-state index contributed by atoms with van der Waals surface area (Å²) in [4.78, 5) is 0. The van der Waals surface area contributed by atoms with E-state index in [0.717, 1.165) is 0 Å². The molecule has 0 aliphatic heterocycles. The Morgan fingerprint density at radius 2 is 1.83 bits per heavy atom. The number of benzene rings is 1. The molecule has 1 nitrogen and oxygen atoms in total. The van der Waals surface area contributed by atoms with Gasteiger partial charge in [-0.1, -0.05) is 23.7 Å². The molecule has 0 saturated heterocycles. The summed E-state index contributed by atoms with van der Waals surface area (Å²) < 4.78 is 13.1. The molecular weight excluding hydrogens is 179 g/mol. The van der Waals surface area contributed by atoms with Crippen LogP contribution in [0.15, 0.2) is 24.3 Å². The van der Waals surface area contributed by atoms with E-state index >= 15 is 0 Å². The highest BCUT2D eigenvalue weighted by Crippen LogP contribution is 2.22. The van der Waals surface area contributed by atoms with E-state index in [9.17, 15) is 4.39 Å². The molecule has 0 aromatic heterocycles. The third-order valence-corrected chi connectivity index (χ3v) is 1.86. The summed E-state index contributed by atoms with van der Waals surface area (Å²) in [6.45, 7) is 1.42. The van der Waals surface area contributed by atoms with Crippen LogP contribution in [0.2, 0.25) is 5.02 Å². The maximum absolute atomic E-state index is 13.1. The molecule has 0 fully saturated rings. The normalized spacial score (nSPS) is 15.7. The summed E-state index contributed by atoms with van der Waals surface area (Å²) >= 11 is 5.61. The minimum absolute atomic E-state index is 0.453. The number of aliphatic hydroxyl groups is 1. The fraction of sp³-hybridized carbons (Fsp3) is 0.333. The third-order valence-electron chi connectivity index (χ3n) is 1.61. The minimum atomic E-state index is -1.33. The summed E-state index contributed by atoms with van der Waals surface area (Å²) in [6.07, 6.45) is -2.31. The van der Waals surface area contributed by atoms with Crippen LogP contribution in [0.1, 0.15) is 18.7 Å². The van der Waals surface area contributed by atoms with Gasteiger partial charge in [0.25, 0.3) is 0 Å². The standard InChI is InChI=1S/C9H10ClFO/c1-6(12)9(11)7-2-4-8(10)5-3-7/h2-6,9,12H,1H3/t6-,9+/m1/s1. The number of halogens is 2. The Morgan fingerprint density at radius 1 is 1.33 bits per heavy atom. The first-order chi connectivity index (χ1) is 5.61. The Bertz CT molecular complexity index is 245. The molecule has 0 radical (unpaired) electrons. The van der Waals surface area contributed by atoms with Crippen molar-refractivity contribution >= 4 is 11.6 Å². The van der Waals surface area contributed by atoms with E-state index in [0.29, 0.717) is 10.6 Å². The third kappa shape index (κ3) is 2.19. The van der Waals surface area contributed by atoms with E-state index in [1.54, 1.807) is 24.3 Å². The molecule has 0 spiro atoms. The summed E-state index contributed by atoms with van der Waals surface area (Å²) in [5.41, 5.74) is 0.453. The lowest BCUT2D eigenvalue weighted by Gasteiger charge is -2.10. The molecule has 0 unspecified atom stereocenters. The number of aliphatic hydroxyl groups excluding tert-OH is 1. The molecule has 66 valence electrons. The second kappa shape index (κ2) is 3.87. The maximum Gasteiger partial charge on any atom is 0.151 e. The van der Waals surface area contributed by atoms with Crippen LogP contribution in [0.25, 0.3) is 0 Å². The van der Waals surface area contributed by atoms with Crippen molar-refractivity contribution in [2.24, 2.45) is 0 Å². The Kier molecular flexibility index (Phi) is 3.06. The van der Waals surface area contributed by atoms with Crippen molar-refractivity contribution in [1.82, 2.24) is 0 Å². The lowest BCUT2D eigenvalue weighted by atomic mass is 10.1. The molecule has 12 heavy (non-hydrogen) atoms. The van der Waals surface area contributed by atoms with Crippen molar-refractivity contribution < 1.29 is 9.50 Å². The van der Waals surface area contributed by atoms with Gasteiger partial charge in [-0.2, -0.15) is 0 Å². The monoisotopic (exact) mass is 188 g/mol. The second-order valence-corrected chi connectivity index (χ2v) is 3.13. The first-order valence-electron chi connectivity index (χ1n) is 3.69. The average Bonchev–Trinajstić information content (AvgIpc) is 2.04. The van der Waals surface area contributed by atoms with Crippen LogP contribution in [0.5, 0.6) is 0 Å². The van der Waals surface area contributed by atoms with Gasteiger partial charge in [0.15, 0.2) is 6.17 Å². The van der Waals surface area contributed by atoms with Crippen molar-refractivity contribution in [2.75, 3.05) is 0 Å². The lowest BCUT2D eigenvalue weighted by molar-refractivity contribution is 0.0933. The van der Waals surface area contributed by atoms with Gasteiger partial charge in [-0.05, 0) is 24.6 Å². The van der Waals surface area contributed by atoms with E-state index < -0.39 is 12.3 Å². The minimum Gasteiger partial charge on any atom is -0.390 e. The van der Waals surface area contributed by atoms with Crippen LogP contribution >= 0.6 is 11.6 Å². The zero-order valence-corrected chi connectivity index (χ0v) is 7.42. The molecular formula is C9H10ClFO. The van der Waals surface area contributed by atoms with Gasteiger partial charge in [0.1, 0.15) is 0 Å². The van der Waals surface area contributed by atoms with Gasteiger partial charge in [0, 0.05) is 5.02 Å². The Balaban J connectivity index is 2.82. The fourth-order valence-electron chi connectivity index (χ4n) is 0.925. The summed E-state index contributed by atoms with van der Waals surface area (Å²) in [5, 5.41) is 9.50. The average molecular weight is 189 g/mol. The van der Waals surface area contributed by atoms with Crippen molar-refractivity contribution in [3.63, 3.8) is 0 Å². The molecule has 2 atom stereocenters. The smallest absolute Gasteiger partial charge is 0.151 e. The molecule has 0 heterocycles. The SMILES string of the molecule is C[C@@H](O)[C@H](F)c1ccc(Cl)cc1. The number of hydrogen-bond acceptors (Lipinski definition) is 1. The first-order valence-corrected chi connectivity index (χ1v) is 4.06. The van der Waals surface area contributed by atoms with Crippen LogP contribution in [0.4, 0.5) is 4.39 Å². The topological polar surface area (TPSA) is 20.2 Å². The molecule has 0 saturated carbocycles. The molecule has 3 heteroatoms. The summed E-state index contributed by atoms with van der Waals surface area (Å²) in [7, 11) is 0. The highest BCUT2D eigenvalue weighted by molar-refractivity contribution is 6.30. The zero-order valence-electron chi connectivity index (χ0n) is 6.67. The number of alkyl halides is 1. The quantitative estimate of drug-likeness (QED) is 0.757. The van der Waals surface area contributed by atoms with Gasteiger partial charge in [-0.15, -0.1) is 0 Å². The van der Waals surface area contributed by atoms with E-state index in [2.05, 4.69) is 0 Å². The van der Waals surface area contributed by atoms with E-state index in [4.69, 9.17) is 16.7 Å². The number of rotatable bonds is 2. The largest absolute Gasteiger partial charge is 0.390 e. The maximum atomic E-state index is 13.1. The highest BCUT2D eigenvalue weighted by Gasteiger charge is 2.14. The van der Waals surface area contributed by atoms with Crippen LogP contribution in [0, 0.1) is 0 Å². The van der Waals surface area contributed by atoms with Gasteiger partial charge in [-0.25, -0.2) is 4.39 Å². The van der Waals surface area contributed by atoms with E-state index in [-0.39, 0.29) is 0 Å². The molecule has 1 rings (SSSR count). The van der Waals surface area contributed by atoms with E-state index in [1.165, 1.54) is 6.92 Å². The van der Waals surface area contributed by atoms with Gasteiger partial charge in [0.2, 0.25) is 0 Å². The molecule has 0 bridgehead atoms. The molecule has 0 aliphatic rings. The van der Waals surface area contributed by atoms with Crippen molar-refractivity contribution in [1.29, 1.82) is 0 Å². The van der Waals surface area contributed by atoms with Gasteiger partial charge >= 0.3 is 0 Å². The fourth-order valence-corrected chi connectivity index (χ4v) is 1.05. The van der Waals surface area contributed by atoms with Gasteiger partial charge in [0.05, 0.1) is 6.10 Å².